The molecule has 4 aromatic rings. The van der Waals surface area contributed by atoms with Crippen LogP contribution in [0.4, 0.5) is 0 Å². The van der Waals surface area contributed by atoms with Gasteiger partial charge in [0, 0.05) is 16.0 Å². The molecule has 0 radical (unpaired) electrons. The summed E-state index contributed by atoms with van der Waals surface area (Å²) in [5, 5.41) is 3.37. The molecule has 0 bridgehead atoms. The van der Waals surface area contributed by atoms with E-state index in [-0.39, 0.29) is 5.56 Å². The minimum absolute atomic E-state index is 0.0237. The number of aromatic nitrogens is 2. The van der Waals surface area contributed by atoms with Crippen molar-refractivity contribution in [2.75, 3.05) is 0 Å². The SMILES string of the molecule is Cc1ccc(-c2csc3ncn(Cc4cccc(Cl)c4)c(=O)c23)cc1C. The van der Waals surface area contributed by atoms with E-state index < -0.39 is 0 Å². The molecule has 5 heteroatoms. The van der Waals surface area contributed by atoms with Crippen molar-refractivity contribution < 1.29 is 0 Å². The predicted molar refractivity (Wildman–Crippen MR) is 109 cm³/mol. The van der Waals surface area contributed by atoms with Crippen molar-refractivity contribution in [2.24, 2.45) is 0 Å². The number of hydrogen-bond acceptors (Lipinski definition) is 3. The monoisotopic (exact) mass is 380 g/mol. The molecule has 0 aliphatic heterocycles. The van der Waals surface area contributed by atoms with Gasteiger partial charge in [0.25, 0.3) is 5.56 Å². The van der Waals surface area contributed by atoms with Crippen LogP contribution in [0, 0.1) is 13.8 Å². The van der Waals surface area contributed by atoms with Crippen molar-refractivity contribution in [2.45, 2.75) is 20.4 Å². The molecule has 4 rings (SSSR count). The maximum absolute atomic E-state index is 13.1. The fraction of sp³-hybridized carbons (Fsp3) is 0.143. The molecule has 0 amide bonds. The van der Waals surface area contributed by atoms with Crippen molar-refractivity contribution in [1.29, 1.82) is 0 Å². The molecule has 0 saturated carbocycles. The summed E-state index contributed by atoms with van der Waals surface area (Å²) in [5.74, 6) is 0. The third-order valence-corrected chi connectivity index (χ3v) is 5.74. The van der Waals surface area contributed by atoms with Gasteiger partial charge in [-0.2, -0.15) is 0 Å². The van der Waals surface area contributed by atoms with Gasteiger partial charge in [-0.3, -0.25) is 9.36 Å². The Morgan fingerprint density at radius 2 is 1.96 bits per heavy atom. The fourth-order valence-electron chi connectivity index (χ4n) is 3.03. The first kappa shape index (κ1) is 17.0. The Kier molecular flexibility index (Phi) is 4.39. The lowest BCUT2D eigenvalue weighted by molar-refractivity contribution is 0.749. The summed E-state index contributed by atoms with van der Waals surface area (Å²) in [6, 6.07) is 13.8. The first-order valence-corrected chi connectivity index (χ1v) is 9.57. The highest BCUT2D eigenvalue weighted by Gasteiger charge is 2.14. The zero-order valence-corrected chi connectivity index (χ0v) is 16.1. The van der Waals surface area contributed by atoms with E-state index >= 15 is 0 Å². The van der Waals surface area contributed by atoms with E-state index in [0.717, 1.165) is 21.5 Å². The summed E-state index contributed by atoms with van der Waals surface area (Å²) in [4.78, 5) is 18.4. The molecule has 0 saturated heterocycles. The van der Waals surface area contributed by atoms with Crippen LogP contribution in [-0.2, 0) is 6.54 Å². The van der Waals surface area contributed by atoms with Crippen LogP contribution in [0.2, 0.25) is 5.02 Å². The number of hydrogen-bond donors (Lipinski definition) is 0. The molecule has 2 aromatic carbocycles. The van der Waals surface area contributed by atoms with Crippen LogP contribution in [0.1, 0.15) is 16.7 Å². The quantitative estimate of drug-likeness (QED) is 0.474. The Labute approximate surface area is 160 Å². The van der Waals surface area contributed by atoms with Crippen molar-refractivity contribution in [3.63, 3.8) is 0 Å². The summed E-state index contributed by atoms with van der Waals surface area (Å²) in [6.07, 6.45) is 1.62. The van der Waals surface area contributed by atoms with E-state index in [0.29, 0.717) is 17.0 Å². The number of aryl methyl sites for hydroxylation is 2. The molecule has 0 atom stereocenters. The van der Waals surface area contributed by atoms with Gasteiger partial charge < -0.3 is 0 Å². The Morgan fingerprint density at radius 3 is 2.73 bits per heavy atom. The van der Waals surface area contributed by atoms with Crippen molar-refractivity contribution in [1.82, 2.24) is 9.55 Å². The van der Waals surface area contributed by atoms with Gasteiger partial charge in [0.05, 0.1) is 18.3 Å². The van der Waals surface area contributed by atoms with Gasteiger partial charge >= 0.3 is 0 Å². The van der Waals surface area contributed by atoms with Crippen LogP contribution < -0.4 is 5.56 Å². The first-order valence-electron chi connectivity index (χ1n) is 8.31. The molecular weight excluding hydrogens is 364 g/mol. The number of halogens is 1. The van der Waals surface area contributed by atoms with E-state index in [9.17, 15) is 4.79 Å². The van der Waals surface area contributed by atoms with E-state index in [1.54, 1.807) is 10.9 Å². The normalized spacial score (nSPS) is 11.2. The molecule has 0 fully saturated rings. The smallest absolute Gasteiger partial charge is 0.263 e. The summed E-state index contributed by atoms with van der Waals surface area (Å²) in [6.45, 7) is 4.62. The Balaban J connectivity index is 1.84. The van der Waals surface area contributed by atoms with Crippen LogP contribution in [0.5, 0.6) is 0 Å². The van der Waals surface area contributed by atoms with Gasteiger partial charge in [0.1, 0.15) is 4.83 Å². The Bertz CT molecular complexity index is 1180. The second-order valence-electron chi connectivity index (χ2n) is 6.44. The third-order valence-electron chi connectivity index (χ3n) is 4.62. The lowest BCUT2D eigenvalue weighted by atomic mass is 10.0. The average Bonchev–Trinajstić information content (AvgIpc) is 3.05. The second kappa shape index (κ2) is 6.71. The maximum atomic E-state index is 13.1. The lowest BCUT2D eigenvalue weighted by Crippen LogP contribution is -2.20. The van der Waals surface area contributed by atoms with Gasteiger partial charge in [-0.05, 0) is 48.2 Å². The summed E-state index contributed by atoms with van der Waals surface area (Å²) < 4.78 is 1.64. The molecule has 0 aliphatic carbocycles. The molecule has 26 heavy (non-hydrogen) atoms. The summed E-state index contributed by atoms with van der Waals surface area (Å²) in [5.41, 5.74) is 5.41. The van der Waals surface area contributed by atoms with Crippen LogP contribution in [-0.4, -0.2) is 9.55 Å². The van der Waals surface area contributed by atoms with E-state index in [2.05, 4.69) is 37.0 Å². The van der Waals surface area contributed by atoms with E-state index in [1.165, 1.54) is 22.5 Å². The largest absolute Gasteiger partial charge is 0.294 e. The Hall–Kier alpha value is -2.43. The number of fused-ring (bicyclic) bond motifs is 1. The highest BCUT2D eigenvalue weighted by molar-refractivity contribution is 7.17. The molecule has 0 spiro atoms. The first-order chi connectivity index (χ1) is 12.5. The minimum Gasteiger partial charge on any atom is -0.294 e. The zero-order chi connectivity index (χ0) is 18.3. The van der Waals surface area contributed by atoms with Crippen LogP contribution >= 0.6 is 22.9 Å². The summed E-state index contributed by atoms with van der Waals surface area (Å²) >= 11 is 7.56. The average molecular weight is 381 g/mol. The Morgan fingerprint density at radius 1 is 1.12 bits per heavy atom. The summed E-state index contributed by atoms with van der Waals surface area (Å²) in [7, 11) is 0. The fourth-order valence-corrected chi connectivity index (χ4v) is 4.15. The number of nitrogens with zero attached hydrogens (tertiary/aromatic N) is 2. The molecule has 0 unspecified atom stereocenters. The topological polar surface area (TPSA) is 34.9 Å². The predicted octanol–water partition coefficient (Wildman–Crippen LogP) is 5.44. The third kappa shape index (κ3) is 3.06. The molecule has 0 aliphatic rings. The van der Waals surface area contributed by atoms with Gasteiger partial charge in [-0.25, -0.2) is 4.98 Å². The van der Waals surface area contributed by atoms with Gasteiger partial charge in [-0.1, -0.05) is 41.9 Å². The molecule has 130 valence electrons. The van der Waals surface area contributed by atoms with Crippen molar-refractivity contribution in [3.8, 4) is 11.1 Å². The second-order valence-corrected chi connectivity index (χ2v) is 7.73. The number of thiophene rings is 1. The van der Waals surface area contributed by atoms with Crippen molar-refractivity contribution in [3.05, 3.63) is 86.2 Å². The van der Waals surface area contributed by atoms with Crippen LogP contribution in [0.25, 0.3) is 21.3 Å². The van der Waals surface area contributed by atoms with Gasteiger partial charge in [0.2, 0.25) is 0 Å². The van der Waals surface area contributed by atoms with Gasteiger partial charge in [-0.15, -0.1) is 11.3 Å². The molecule has 0 N–H and O–H groups in total. The van der Waals surface area contributed by atoms with E-state index in [4.69, 9.17) is 11.6 Å². The number of rotatable bonds is 3. The standard InChI is InChI=1S/C21H17ClN2OS/c1-13-6-7-16(8-14(13)2)18-11-26-20-19(18)21(25)24(12-23-20)10-15-4-3-5-17(22)9-15/h3-9,11-12H,10H2,1-2H3. The molecule has 3 nitrogen and oxygen atoms in total. The highest BCUT2D eigenvalue weighted by atomic mass is 35.5. The highest BCUT2D eigenvalue weighted by Crippen LogP contribution is 2.31. The van der Waals surface area contributed by atoms with E-state index in [1.807, 2.05) is 29.6 Å². The van der Waals surface area contributed by atoms with Crippen LogP contribution in [0.15, 0.2) is 59.0 Å². The van der Waals surface area contributed by atoms with Crippen molar-refractivity contribution >= 4 is 33.2 Å². The minimum atomic E-state index is -0.0237. The molecule has 2 heterocycles. The maximum Gasteiger partial charge on any atom is 0.263 e. The lowest BCUT2D eigenvalue weighted by Gasteiger charge is -2.08. The van der Waals surface area contributed by atoms with Crippen LogP contribution in [0.3, 0.4) is 0 Å². The molecule has 2 aromatic heterocycles. The molecular formula is C21H17ClN2OS. The van der Waals surface area contributed by atoms with Gasteiger partial charge in [0.15, 0.2) is 0 Å². The zero-order valence-electron chi connectivity index (χ0n) is 14.5. The number of benzene rings is 2.